The highest BCUT2D eigenvalue weighted by Crippen LogP contribution is 2.31. The summed E-state index contributed by atoms with van der Waals surface area (Å²) in [6.07, 6.45) is 1.94. The molecule has 2 rings (SSSR count). The molecule has 1 fully saturated rings. The van der Waals surface area contributed by atoms with Crippen molar-refractivity contribution in [1.82, 2.24) is 15.1 Å². The Morgan fingerprint density at radius 1 is 1.44 bits per heavy atom. The van der Waals surface area contributed by atoms with E-state index in [-0.39, 0.29) is 0 Å². The van der Waals surface area contributed by atoms with E-state index in [0.717, 1.165) is 43.2 Å². The summed E-state index contributed by atoms with van der Waals surface area (Å²) in [7, 11) is 0. The third kappa shape index (κ3) is 1.98. The van der Waals surface area contributed by atoms with Gasteiger partial charge in [-0.3, -0.25) is 4.68 Å². The van der Waals surface area contributed by atoms with Crippen LogP contribution in [0.15, 0.2) is 0 Å². The number of aromatic nitrogens is 2. The van der Waals surface area contributed by atoms with Gasteiger partial charge in [0.2, 0.25) is 0 Å². The molecular formula is C12H20ClN3. The van der Waals surface area contributed by atoms with Gasteiger partial charge in [0.15, 0.2) is 0 Å². The van der Waals surface area contributed by atoms with E-state index >= 15 is 0 Å². The molecule has 1 aliphatic heterocycles. The molecule has 1 saturated heterocycles. The lowest BCUT2D eigenvalue weighted by atomic mass is 9.79. The number of halogens is 1. The molecule has 0 amide bonds. The maximum atomic E-state index is 6.39. The smallest absolute Gasteiger partial charge is 0.0850 e. The molecule has 0 saturated carbocycles. The minimum absolute atomic E-state index is 0.363. The average molecular weight is 242 g/mol. The first kappa shape index (κ1) is 11.9. The molecule has 0 radical (unpaired) electrons. The van der Waals surface area contributed by atoms with Crippen LogP contribution in [0, 0.1) is 5.41 Å². The summed E-state index contributed by atoms with van der Waals surface area (Å²) in [5.74, 6) is 0. The lowest BCUT2D eigenvalue weighted by Crippen LogP contribution is -2.52. The maximum Gasteiger partial charge on any atom is 0.0850 e. The average Bonchev–Trinajstić information content (AvgIpc) is 2.53. The van der Waals surface area contributed by atoms with E-state index in [4.69, 9.17) is 11.6 Å². The van der Waals surface area contributed by atoms with Crippen molar-refractivity contribution in [3.05, 3.63) is 16.4 Å². The highest BCUT2D eigenvalue weighted by Gasteiger charge is 2.34. The summed E-state index contributed by atoms with van der Waals surface area (Å²) < 4.78 is 2.06. The summed E-state index contributed by atoms with van der Waals surface area (Å²) in [5.41, 5.74) is 2.61. The van der Waals surface area contributed by atoms with Gasteiger partial charge < -0.3 is 5.32 Å². The predicted molar refractivity (Wildman–Crippen MR) is 67.0 cm³/mol. The fraction of sp³-hybridized carbons (Fsp3) is 0.750. The Balaban J connectivity index is 2.27. The van der Waals surface area contributed by atoms with Crippen molar-refractivity contribution in [2.75, 3.05) is 13.1 Å². The van der Waals surface area contributed by atoms with E-state index in [9.17, 15) is 0 Å². The van der Waals surface area contributed by atoms with Gasteiger partial charge in [0.1, 0.15) is 0 Å². The van der Waals surface area contributed by atoms with Gasteiger partial charge in [0.05, 0.1) is 16.4 Å². The molecule has 1 aliphatic rings. The second kappa shape index (κ2) is 4.38. The molecule has 1 N–H and O–H groups in total. The fourth-order valence-corrected chi connectivity index (χ4v) is 2.60. The van der Waals surface area contributed by atoms with Crippen molar-refractivity contribution in [2.45, 2.75) is 40.2 Å². The van der Waals surface area contributed by atoms with Crippen LogP contribution in [0.2, 0.25) is 5.02 Å². The van der Waals surface area contributed by atoms with E-state index in [1.165, 1.54) is 5.69 Å². The van der Waals surface area contributed by atoms with Crippen molar-refractivity contribution >= 4 is 11.6 Å². The van der Waals surface area contributed by atoms with E-state index < -0.39 is 0 Å². The van der Waals surface area contributed by atoms with E-state index in [1.807, 2.05) is 0 Å². The lowest BCUT2D eigenvalue weighted by molar-refractivity contribution is 0.191. The van der Waals surface area contributed by atoms with Gasteiger partial charge in [-0.15, -0.1) is 0 Å². The molecule has 16 heavy (non-hydrogen) atoms. The third-order valence-corrected chi connectivity index (χ3v) is 3.83. The number of hydrogen-bond donors (Lipinski definition) is 1. The van der Waals surface area contributed by atoms with Crippen LogP contribution < -0.4 is 5.32 Å². The molecule has 1 aromatic rings. The molecule has 0 aromatic carbocycles. The summed E-state index contributed by atoms with van der Waals surface area (Å²) >= 11 is 6.39. The SMILES string of the molecule is CCc1nn(CC)c(CC2(C)CNC2)c1Cl. The van der Waals surface area contributed by atoms with Crippen LogP contribution in [0.1, 0.15) is 32.2 Å². The Labute approximate surface area is 102 Å². The highest BCUT2D eigenvalue weighted by molar-refractivity contribution is 6.31. The summed E-state index contributed by atoms with van der Waals surface area (Å²) in [6, 6.07) is 0. The number of aryl methyl sites for hydroxylation is 2. The minimum atomic E-state index is 0.363. The van der Waals surface area contributed by atoms with Crippen molar-refractivity contribution in [3.8, 4) is 0 Å². The molecule has 0 unspecified atom stereocenters. The van der Waals surface area contributed by atoms with Gasteiger partial charge in [-0.1, -0.05) is 25.4 Å². The first-order valence-electron chi connectivity index (χ1n) is 6.04. The Kier molecular flexibility index (Phi) is 3.27. The van der Waals surface area contributed by atoms with Crippen molar-refractivity contribution < 1.29 is 0 Å². The Morgan fingerprint density at radius 3 is 2.56 bits per heavy atom. The van der Waals surface area contributed by atoms with Crippen molar-refractivity contribution in [3.63, 3.8) is 0 Å². The van der Waals surface area contributed by atoms with Gasteiger partial charge in [-0.2, -0.15) is 5.10 Å². The fourth-order valence-electron chi connectivity index (χ4n) is 2.27. The van der Waals surface area contributed by atoms with E-state index in [2.05, 4.69) is 35.9 Å². The van der Waals surface area contributed by atoms with E-state index in [0.29, 0.717) is 5.41 Å². The Bertz CT molecular complexity index is 380. The maximum absolute atomic E-state index is 6.39. The van der Waals surface area contributed by atoms with Crippen LogP contribution in [-0.4, -0.2) is 22.9 Å². The van der Waals surface area contributed by atoms with Crippen LogP contribution in [0.3, 0.4) is 0 Å². The molecule has 1 aromatic heterocycles. The molecule has 4 heteroatoms. The topological polar surface area (TPSA) is 29.9 Å². The molecule has 0 bridgehead atoms. The van der Waals surface area contributed by atoms with Gasteiger partial charge in [0.25, 0.3) is 0 Å². The highest BCUT2D eigenvalue weighted by atomic mass is 35.5. The van der Waals surface area contributed by atoms with Crippen LogP contribution in [0.5, 0.6) is 0 Å². The van der Waals surface area contributed by atoms with Gasteiger partial charge >= 0.3 is 0 Å². The molecule has 90 valence electrons. The molecule has 0 spiro atoms. The monoisotopic (exact) mass is 241 g/mol. The molecule has 0 atom stereocenters. The van der Waals surface area contributed by atoms with Gasteiger partial charge in [0, 0.05) is 19.6 Å². The molecule has 0 aliphatic carbocycles. The molecular weight excluding hydrogens is 222 g/mol. The van der Waals surface area contributed by atoms with Crippen LogP contribution in [0.4, 0.5) is 0 Å². The zero-order chi connectivity index (χ0) is 11.8. The number of nitrogens with zero attached hydrogens (tertiary/aromatic N) is 2. The predicted octanol–water partition coefficient (Wildman–Crippen LogP) is 2.27. The largest absolute Gasteiger partial charge is 0.316 e. The first-order valence-corrected chi connectivity index (χ1v) is 6.42. The van der Waals surface area contributed by atoms with Crippen molar-refractivity contribution in [1.29, 1.82) is 0 Å². The third-order valence-electron chi connectivity index (χ3n) is 3.39. The first-order chi connectivity index (χ1) is 7.59. The summed E-state index contributed by atoms with van der Waals surface area (Å²) in [6.45, 7) is 9.59. The molecule has 3 nitrogen and oxygen atoms in total. The van der Waals surface area contributed by atoms with Crippen LogP contribution in [-0.2, 0) is 19.4 Å². The van der Waals surface area contributed by atoms with Gasteiger partial charge in [-0.25, -0.2) is 0 Å². The zero-order valence-electron chi connectivity index (χ0n) is 10.3. The van der Waals surface area contributed by atoms with E-state index in [1.54, 1.807) is 0 Å². The Morgan fingerprint density at radius 2 is 2.12 bits per heavy atom. The minimum Gasteiger partial charge on any atom is -0.316 e. The zero-order valence-corrected chi connectivity index (χ0v) is 11.1. The number of nitrogens with one attached hydrogen (secondary N) is 1. The number of hydrogen-bond acceptors (Lipinski definition) is 2. The number of rotatable bonds is 4. The summed E-state index contributed by atoms with van der Waals surface area (Å²) in [5, 5.41) is 8.77. The second-order valence-corrected chi connectivity index (χ2v) is 5.35. The summed E-state index contributed by atoms with van der Waals surface area (Å²) in [4.78, 5) is 0. The van der Waals surface area contributed by atoms with Crippen molar-refractivity contribution in [2.24, 2.45) is 5.41 Å². The lowest BCUT2D eigenvalue weighted by Gasteiger charge is -2.39. The normalized spacial score (nSPS) is 18.5. The van der Waals surface area contributed by atoms with Crippen LogP contribution in [0.25, 0.3) is 0 Å². The second-order valence-electron chi connectivity index (χ2n) is 4.97. The van der Waals surface area contributed by atoms with Gasteiger partial charge in [-0.05, 0) is 25.2 Å². The van der Waals surface area contributed by atoms with Crippen LogP contribution >= 0.6 is 11.6 Å². The standard InChI is InChI=1S/C12H20ClN3/c1-4-9-11(13)10(16(5-2)15-9)6-12(3)7-14-8-12/h14H,4-8H2,1-3H3. The Hall–Kier alpha value is -0.540. The quantitative estimate of drug-likeness (QED) is 0.877. The molecule has 2 heterocycles.